The van der Waals surface area contributed by atoms with E-state index in [2.05, 4.69) is 15.6 Å². The number of rotatable bonds is 7. The molecule has 26 heavy (non-hydrogen) atoms. The first-order chi connectivity index (χ1) is 12.7. The molecule has 0 bridgehead atoms. The molecule has 0 saturated heterocycles. The maximum absolute atomic E-state index is 12.2. The van der Waals surface area contributed by atoms with E-state index in [0.29, 0.717) is 25.1 Å². The minimum Gasteiger partial charge on any atom is -0.356 e. The lowest BCUT2D eigenvalue weighted by Crippen LogP contribution is -2.31. The molecule has 2 aromatic carbocycles. The van der Waals surface area contributed by atoms with Crippen LogP contribution in [-0.4, -0.2) is 29.9 Å². The Morgan fingerprint density at radius 1 is 0.846 bits per heavy atom. The molecule has 0 spiro atoms. The van der Waals surface area contributed by atoms with Gasteiger partial charge in [0.2, 0.25) is 5.91 Å². The second-order valence-corrected chi connectivity index (χ2v) is 5.99. The Hall–Kier alpha value is -3.21. The number of carbonyl (C=O) groups is 2. The Bertz CT molecular complexity index is 894. The van der Waals surface area contributed by atoms with Crippen LogP contribution in [0.5, 0.6) is 0 Å². The maximum Gasteiger partial charge on any atom is 0.251 e. The van der Waals surface area contributed by atoms with Crippen LogP contribution in [0.1, 0.15) is 22.5 Å². The van der Waals surface area contributed by atoms with E-state index in [0.717, 1.165) is 16.5 Å². The Balaban J connectivity index is 1.40. The number of carbonyl (C=O) groups excluding carboxylic acids is 2. The number of hydrogen-bond acceptors (Lipinski definition) is 3. The van der Waals surface area contributed by atoms with E-state index in [-0.39, 0.29) is 18.2 Å². The summed E-state index contributed by atoms with van der Waals surface area (Å²) in [6.07, 6.45) is 2.68. The highest BCUT2D eigenvalue weighted by molar-refractivity contribution is 5.98. The van der Waals surface area contributed by atoms with E-state index < -0.39 is 0 Å². The van der Waals surface area contributed by atoms with Gasteiger partial charge in [0.05, 0.1) is 0 Å². The Morgan fingerprint density at radius 3 is 2.46 bits per heavy atom. The first kappa shape index (κ1) is 17.6. The molecule has 2 N–H and O–H groups in total. The van der Waals surface area contributed by atoms with Crippen LogP contribution < -0.4 is 10.6 Å². The summed E-state index contributed by atoms with van der Waals surface area (Å²) in [4.78, 5) is 28.3. The lowest BCUT2D eigenvalue weighted by Gasteiger charge is -2.07. The van der Waals surface area contributed by atoms with Gasteiger partial charge in [0.25, 0.3) is 5.91 Å². The molecule has 1 aromatic heterocycles. The lowest BCUT2D eigenvalue weighted by molar-refractivity contribution is -0.120. The first-order valence-corrected chi connectivity index (χ1v) is 8.66. The van der Waals surface area contributed by atoms with Crippen LogP contribution in [0.3, 0.4) is 0 Å². The summed E-state index contributed by atoms with van der Waals surface area (Å²) in [5.74, 6) is -0.253. The summed E-state index contributed by atoms with van der Waals surface area (Å²) >= 11 is 0. The van der Waals surface area contributed by atoms with Crippen molar-refractivity contribution in [1.82, 2.24) is 15.6 Å². The molecule has 3 aromatic rings. The van der Waals surface area contributed by atoms with Crippen LogP contribution in [0.25, 0.3) is 10.8 Å². The molecule has 0 radical (unpaired) electrons. The first-order valence-electron chi connectivity index (χ1n) is 8.66. The Kier molecular flexibility index (Phi) is 5.93. The number of benzene rings is 2. The van der Waals surface area contributed by atoms with E-state index >= 15 is 0 Å². The quantitative estimate of drug-likeness (QED) is 0.690. The zero-order valence-corrected chi connectivity index (χ0v) is 14.4. The number of hydrogen-bond donors (Lipinski definition) is 2. The summed E-state index contributed by atoms with van der Waals surface area (Å²) < 4.78 is 0. The third-order valence-electron chi connectivity index (χ3n) is 4.08. The highest BCUT2D eigenvalue weighted by atomic mass is 16.2. The number of aromatic nitrogens is 1. The van der Waals surface area contributed by atoms with E-state index in [1.807, 2.05) is 54.6 Å². The van der Waals surface area contributed by atoms with Crippen molar-refractivity contribution in [3.63, 3.8) is 0 Å². The SMILES string of the molecule is O=C(CCNC(=O)c1ccc2ccccc2c1)NCCc1ccccn1. The number of nitrogens with one attached hydrogen (secondary N) is 2. The topological polar surface area (TPSA) is 71.1 Å². The van der Waals surface area contributed by atoms with Crippen molar-refractivity contribution < 1.29 is 9.59 Å². The maximum atomic E-state index is 12.2. The molecule has 0 saturated carbocycles. The average Bonchev–Trinajstić information content (AvgIpc) is 2.68. The van der Waals surface area contributed by atoms with Gasteiger partial charge in [-0.15, -0.1) is 0 Å². The largest absolute Gasteiger partial charge is 0.356 e. The Morgan fingerprint density at radius 2 is 1.65 bits per heavy atom. The molecule has 5 nitrogen and oxygen atoms in total. The zero-order chi connectivity index (χ0) is 18.2. The van der Waals surface area contributed by atoms with Crippen LogP contribution in [0.15, 0.2) is 66.9 Å². The van der Waals surface area contributed by atoms with Crippen molar-refractivity contribution in [2.75, 3.05) is 13.1 Å². The third-order valence-corrected chi connectivity index (χ3v) is 4.08. The van der Waals surface area contributed by atoms with E-state index in [9.17, 15) is 9.59 Å². The number of amides is 2. The van der Waals surface area contributed by atoms with Gasteiger partial charge in [-0.05, 0) is 35.0 Å². The normalized spacial score (nSPS) is 10.5. The molecule has 132 valence electrons. The molecule has 0 aliphatic carbocycles. The molecule has 5 heteroatoms. The molecule has 0 unspecified atom stereocenters. The summed E-state index contributed by atoms with van der Waals surface area (Å²) in [5.41, 5.74) is 1.54. The van der Waals surface area contributed by atoms with Crippen molar-refractivity contribution in [3.05, 3.63) is 78.1 Å². The summed E-state index contributed by atoms with van der Waals surface area (Å²) in [5, 5.41) is 7.74. The third kappa shape index (κ3) is 4.89. The fraction of sp³-hybridized carbons (Fsp3) is 0.190. The molecule has 0 fully saturated rings. The molecule has 3 rings (SSSR count). The lowest BCUT2D eigenvalue weighted by atomic mass is 10.1. The van der Waals surface area contributed by atoms with Gasteiger partial charge in [0.15, 0.2) is 0 Å². The predicted octanol–water partition coefficient (Wildman–Crippen LogP) is 2.71. The molecule has 0 aliphatic heterocycles. The fourth-order valence-electron chi connectivity index (χ4n) is 2.69. The molecule has 0 atom stereocenters. The zero-order valence-electron chi connectivity index (χ0n) is 14.4. The van der Waals surface area contributed by atoms with Gasteiger partial charge in [-0.1, -0.05) is 36.4 Å². The van der Waals surface area contributed by atoms with Crippen molar-refractivity contribution in [2.24, 2.45) is 0 Å². The molecule has 2 amide bonds. The number of nitrogens with zero attached hydrogens (tertiary/aromatic N) is 1. The Labute approximate surface area is 152 Å². The molecule has 0 aliphatic rings. The van der Waals surface area contributed by atoms with E-state index in [4.69, 9.17) is 0 Å². The van der Waals surface area contributed by atoms with Gasteiger partial charge in [0, 0.05) is 43.4 Å². The van der Waals surface area contributed by atoms with Crippen LogP contribution >= 0.6 is 0 Å². The van der Waals surface area contributed by atoms with E-state index in [1.165, 1.54) is 0 Å². The minimum absolute atomic E-state index is 0.0836. The number of fused-ring (bicyclic) bond motifs is 1. The van der Waals surface area contributed by atoms with Gasteiger partial charge in [-0.25, -0.2) is 0 Å². The summed E-state index contributed by atoms with van der Waals surface area (Å²) in [7, 11) is 0. The van der Waals surface area contributed by atoms with Gasteiger partial charge < -0.3 is 10.6 Å². The van der Waals surface area contributed by atoms with Crippen LogP contribution in [0, 0.1) is 0 Å². The van der Waals surface area contributed by atoms with Gasteiger partial charge in [0.1, 0.15) is 0 Å². The smallest absolute Gasteiger partial charge is 0.251 e. The standard InChI is InChI=1S/C21H21N3O2/c25-20(23-13-10-19-7-3-4-12-22-19)11-14-24-21(26)18-9-8-16-5-1-2-6-17(16)15-18/h1-9,12,15H,10-11,13-14H2,(H,23,25)(H,24,26). The van der Waals surface area contributed by atoms with Crippen molar-refractivity contribution in [2.45, 2.75) is 12.8 Å². The predicted molar refractivity (Wildman–Crippen MR) is 102 cm³/mol. The van der Waals surface area contributed by atoms with Crippen molar-refractivity contribution >= 4 is 22.6 Å². The second-order valence-electron chi connectivity index (χ2n) is 5.99. The van der Waals surface area contributed by atoms with Gasteiger partial charge in [-0.3, -0.25) is 14.6 Å². The molecule has 1 heterocycles. The van der Waals surface area contributed by atoms with Gasteiger partial charge >= 0.3 is 0 Å². The van der Waals surface area contributed by atoms with Crippen LogP contribution in [0.2, 0.25) is 0 Å². The monoisotopic (exact) mass is 347 g/mol. The molecular weight excluding hydrogens is 326 g/mol. The number of pyridine rings is 1. The fourth-order valence-corrected chi connectivity index (χ4v) is 2.69. The summed E-state index contributed by atoms with van der Waals surface area (Å²) in [6, 6.07) is 19.2. The highest BCUT2D eigenvalue weighted by Gasteiger charge is 2.07. The van der Waals surface area contributed by atoms with Gasteiger partial charge in [-0.2, -0.15) is 0 Å². The average molecular weight is 347 g/mol. The minimum atomic E-state index is -0.169. The van der Waals surface area contributed by atoms with Crippen molar-refractivity contribution in [1.29, 1.82) is 0 Å². The van der Waals surface area contributed by atoms with E-state index in [1.54, 1.807) is 12.3 Å². The van der Waals surface area contributed by atoms with Crippen molar-refractivity contribution in [3.8, 4) is 0 Å². The summed E-state index contributed by atoms with van der Waals surface area (Å²) in [6.45, 7) is 0.843. The highest BCUT2D eigenvalue weighted by Crippen LogP contribution is 2.15. The second kappa shape index (κ2) is 8.76. The van der Waals surface area contributed by atoms with Crippen LogP contribution in [0.4, 0.5) is 0 Å². The van der Waals surface area contributed by atoms with Crippen LogP contribution in [-0.2, 0) is 11.2 Å². The molecular formula is C21H21N3O2.